The van der Waals surface area contributed by atoms with Gasteiger partial charge in [-0.3, -0.25) is 0 Å². The van der Waals surface area contributed by atoms with Gasteiger partial charge in [-0.1, -0.05) is 296 Å². The van der Waals surface area contributed by atoms with Gasteiger partial charge in [-0.2, -0.15) is 0 Å². The van der Waals surface area contributed by atoms with Crippen LogP contribution in [0, 0.1) is 20.8 Å². The van der Waals surface area contributed by atoms with Crippen LogP contribution < -0.4 is 0 Å². The van der Waals surface area contributed by atoms with Crippen molar-refractivity contribution >= 4 is 0 Å². The van der Waals surface area contributed by atoms with Gasteiger partial charge in [0, 0.05) is 5.41 Å². The van der Waals surface area contributed by atoms with Gasteiger partial charge in [-0.05, 0) is 213 Å². The lowest BCUT2D eigenvalue weighted by Crippen LogP contribution is -2.29. The summed E-state index contributed by atoms with van der Waals surface area (Å²) in [5, 5.41) is 0. The Balaban J connectivity index is 1.11. The number of unbranched alkanes of at least 4 members (excludes halogenated alkanes) is 17. The van der Waals surface area contributed by atoms with E-state index in [2.05, 4.69) is 213 Å². The lowest BCUT2D eigenvalue weighted by atomic mass is 9.67. The highest BCUT2D eigenvalue weighted by atomic mass is 14.5. The van der Waals surface area contributed by atoms with Crippen molar-refractivity contribution in [1.82, 2.24) is 0 Å². The predicted molar refractivity (Wildman–Crippen MR) is 371 cm³/mol. The Morgan fingerprint density at radius 2 is 0.647 bits per heavy atom. The third kappa shape index (κ3) is 13.5. The van der Waals surface area contributed by atoms with E-state index in [0.29, 0.717) is 0 Å². The summed E-state index contributed by atoms with van der Waals surface area (Å²) >= 11 is 0. The Bertz CT molecular complexity index is 3360. The lowest BCUT2D eigenvalue weighted by molar-refractivity contribution is 0.398. The molecule has 0 aromatic heterocycles. The van der Waals surface area contributed by atoms with Gasteiger partial charge in [0.15, 0.2) is 0 Å². The van der Waals surface area contributed by atoms with E-state index in [1.807, 2.05) is 0 Å². The highest BCUT2D eigenvalue weighted by Crippen LogP contribution is 2.59. The molecule has 0 unspecified atom stereocenters. The first kappa shape index (κ1) is 61.8. The Kier molecular flexibility index (Phi) is 21.4. The molecule has 0 spiro atoms. The van der Waals surface area contributed by atoms with Crippen LogP contribution in [0.25, 0.3) is 55.6 Å². The fourth-order valence-electron chi connectivity index (χ4n) is 15.3. The second-order valence-corrected chi connectivity index (χ2v) is 26.5. The topological polar surface area (TPSA) is 0 Å². The molecule has 0 radical (unpaired) electrons. The van der Waals surface area contributed by atoms with Crippen LogP contribution in [-0.2, 0) is 30.1 Å². The van der Waals surface area contributed by atoms with E-state index in [0.717, 1.165) is 19.3 Å². The van der Waals surface area contributed by atoms with E-state index in [4.69, 9.17) is 0 Å². The Labute approximate surface area is 516 Å². The molecule has 0 fully saturated rings. The minimum Gasteiger partial charge on any atom is -0.0654 e. The zero-order valence-electron chi connectivity index (χ0n) is 54.1. The third-order valence-electron chi connectivity index (χ3n) is 20.4. The van der Waals surface area contributed by atoms with Gasteiger partial charge in [0.2, 0.25) is 0 Å². The van der Waals surface area contributed by atoms with Crippen molar-refractivity contribution in [3.63, 3.8) is 0 Å². The molecule has 0 saturated carbocycles. The lowest BCUT2D eigenvalue weighted by Gasteiger charge is -2.35. The first-order valence-electron chi connectivity index (χ1n) is 34.6. The Morgan fingerprint density at radius 3 is 1.15 bits per heavy atom. The van der Waals surface area contributed by atoms with Gasteiger partial charge in [-0.15, -0.1) is 0 Å². The molecule has 0 amide bonds. The smallest absolute Gasteiger partial charge is 0.0654 e. The third-order valence-corrected chi connectivity index (χ3v) is 20.4. The standard InChI is InChI=1S/C85H104/c1-9-14-19-23-25-29-54-84(55-30-26-24-20-15-10-2)80-59-69(43-51-75(80)76-53-45-71(61-81(76)84)79-58-72(57-63(7)64(79)8)68-41-35-65(36-42-68)31-18-13-5)70-44-52-78-77-50-34-62(6)56-82(77)85(83(78)60-70,73-46-37-66(38-47-73)32-27-21-16-11-3)74-48-39-67(40-49-74)33-28-22-17-12-4/h34-53,56-61H,9-33,54-55H2,1-8H3. The summed E-state index contributed by atoms with van der Waals surface area (Å²) in [7, 11) is 0. The normalized spacial score (nSPS) is 13.5. The van der Waals surface area contributed by atoms with Crippen molar-refractivity contribution in [2.24, 2.45) is 0 Å². The van der Waals surface area contributed by atoms with Crippen molar-refractivity contribution in [3.8, 4) is 55.6 Å². The van der Waals surface area contributed by atoms with E-state index in [1.165, 1.54) is 265 Å². The summed E-state index contributed by atoms with van der Waals surface area (Å²) in [5.74, 6) is 0. The van der Waals surface area contributed by atoms with Gasteiger partial charge in [-0.25, -0.2) is 0 Å². The molecule has 8 aromatic rings. The van der Waals surface area contributed by atoms with Crippen LogP contribution in [0.2, 0.25) is 0 Å². The van der Waals surface area contributed by atoms with E-state index in [1.54, 1.807) is 11.1 Å². The minimum absolute atomic E-state index is 0.0775. The number of hydrogen-bond donors (Lipinski definition) is 0. The highest BCUT2D eigenvalue weighted by Gasteiger charge is 2.47. The zero-order valence-corrected chi connectivity index (χ0v) is 54.1. The summed E-state index contributed by atoms with van der Waals surface area (Å²) in [4.78, 5) is 0. The van der Waals surface area contributed by atoms with Gasteiger partial charge < -0.3 is 0 Å². The van der Waals surface area contributed by atoms with Crippen LogP contribution in [0.15, 0.2) is 158 Å². The second-order valence-electron chi connectivity index (χ2n) is 26.5. The molecule has 8 aromatic carbocycles. The molecule has 444 valence electrons. The molecular formula is C85H104. The van der Waals surface area contributed by atoms with Crippen molar-refractivity contribution in [2.75, 3.05) is 0 Å². The van der Waals surface area contributed by atoms with Gasteiger partial charge in [0.25, 0.3) is 0 Å². The van der Waals surface area contributed by atoms with Crippen molar-refractivity contribution < 1.29 is 0 Å². The minimum atomic E-state index is -0.470. The summed E-state index contributed by atoms with van der Waals surface area (Å²) < 4.78 is 0. The summed E-state index contributed by atoms with van der Waals surface area (Å²) in [6, 6.07) is 64.6. The van der Waals surface area contributed by atoms with Gasteiger partial charge >= 0.3 is 0 Å². The number of aryl methyl sites for hydroxylation is 5. The quantitative estimate of drug-likeness (QED) is 0.0369. The van der Waals surface area contributed by atoms with Crippen molar-refractivity contribution in [2.45, 2.75) is 240 Å². The molecule has 2 aliphatic carbocycles. The van der Waals surface area contributed by atoms with Crippen LogP contribution in [0.5, 0.6) is 0 Å². The SMILES string of the molecule is CCCCCCCCC1(CCCCCCCC)c2cc(-c3ccc4c(c3)C(c3ccc(CCCCCC)cc3)(c3ccc(CCCCCC)cc3)c3cc(C)ccc3-4)ccc2-c2ccc(-c3cc(-c4ccc(CCCC)cc4)cc(C)c3C)cc21. The monoisotopic (exact) mass is 1120 g/mol. The Hall–Kier alpha value is -6.24. The molecule has 2 aliphatic rings. The van der Waals surface area contributed by atoms with Crippen LogP contribution >= 0.6 is 0 Å². The molecule has 85 heavy (non-hydrogen) atoms. The van der Waals surface area contributed by atoms with Crippen molar-refractivity contribution in [3.05, 3.63) is 224 Å². The average Bonchev–Trinajstić information content (AvgIpc) is 2.03. The molecular weight excluding hydrogens is 1020 g/mol. The van der Waals surface area contributed by atoms with Gasteiger partial charge in [0.1, 0.15) is 0 Å². The van der Waals surface area contributed by atoms with Crippen LogP contribution in [-0.4, -0.2) is 0 Å². The number of hydrogen-bond acceptors (Lipinski definition) is 0. The Morgan fingerprint density at radius 1 is 0.271 bits per heavy atom. The fourth-order valence-corrected chi connectivity index (χ4v) is 15.3. The molecule has 0 bridgehead atoms. The fraction of sp³-hybridized carbons (Fsp3) is 0.435. The zero-order chi connectivity index (χ0) is 59.2. The maximum absolute atomic E-state index is 2.71. The molecule has 0 saturated heterocycles. The van der Waals surface area contributed by atoms with E-state index >= 15 is 0 Å². The molecule has 0 N–H and O–H groups in total. The molecule has 0 heterocycles. The van der Waals surface area contributed by atoms with E-state index in [-0.39, 0.29) is 5.41 Å². The first-order valence-corrected chi connectivity index (χ1v) is 34.6. The predicted octanol–water partition coefficient (Wildman–Crippen LogP) is 25.3. The second kappa shape index (κ2) is 29.4. The highest BCUT2D eigenvalue weighted by molar-refractivity contribution is 5.91. The van der Waals surface area contributed by atoms with E-state index in [9.17, 15) is 0 Å². The maximum Gasteiger partial charge on any atom is 0.0713 e. The average molecular weight is 1130 g/mol. The van der Waals surface area contributed by atoms with Crippen LogP contribution in [0.3, 0.4) is 0 Å². The maximum atomic E-state index is 2.71. The summed E-state index contributed by atoms with van der Waals surface area (Å²) in [6.07, 6.45) is 34.2. The largest absolute Gasteiger partial charge is 0.0713 e. The number of benzene rings is 8. The molecule has 0 nitrogen and oxygen atoms in total. The van der Waals surface area contributed by atoms with Crippen LogP contribution in [0.4, 0.5) is 0 Å². The number of rotatable bonds is 32. The van der Waals surface area contributed by atoms with Gasteiger partial charge in [0.05, 0.1) is 5.41 Å². The summed E-state index contributed by atoms with van der Waals surface area (Å²) in [6.45, 7) is 18.6. The van der Waals surface area contributed by atoms with E-state index < -0.39 is 5.41 Å². The number of fused-ring (bicyclic) bond motifs is 6. The first-order chi connectivity index (χ1) is 41.7. The van der Waals surface area contributed by atoms with Crippen molar-refractivity contribution in [1.29, 1.82) is 0 Å². The molecule has 0 heteroatoms. The molecule has 10 rings (SSSR count). The summed E-state index contributed by atoms with van der Waals surface area (Å²) in [5.41, 5.74) is 30.3. The molecule has 0 atom stereocenters. The molecule has 0 aliphatic heterocycles. The van der Waals surface area contributed by atoms with Crippen LogP contribution in [0.1, 0.15) is 255 Å².